The highest BCUT2D eigenvalue weighted by molar-refractivity contribution is 5.25. The Morgan fingerprint density at radius 2 is 1.80 bits per heavy atom. The standard InChI is InChI=1S/C5H5F2N3/c1-2-3(6)10-5(8)4(7)9-2/h1H3,(H2,8,10). The summed E-state index contributed by atoms with van der Waals surface area (Å²) in [6.45, 7) is 1.31. The van der Waals surface area contributed by atoms with E-state index in [4.69, 9.17) is 5.73 Å². The van der Waals surface area contributed by atoms with E-state index in [9.17, 15) is 8.78 Å². The van der Waals surface area contributed by atoms with Gasteiger partial charge >= 0.3 is 0 Å². The number of nitrogens with two attached hydrogens (primary N) is 1. The number of aromatic nitrogens is 2. The lowest BCUT2D eigenvalue weighted by Gasteiger charge is -1.96. The molecule has 0 unspecified atom stereocenters. The molecule has 10 heavy (non-hydrogen) atoms. The average Bonchev–Trinajstić information content (AvgIpc) is 1.84. The second kappa shape index (κ2) is 2.17. The molecule has 3 nitrogen and oxygen atoms in total. The van der Waals surface area contributed by atoms with E-state index in [0.29, 0.717) is 0 Å². The van der Waals surface area contributed by atoms with Crippen molar-refractivity contribution in [2.45, 2.75) is 6.92 Å². The van der Waals surface area contributed by atoms with Crippen LogP contribution >= 0.6 is 0 Å². The zero-order valence-electron chi connectivity index (χ0n) is 5.23. The number of halogens is 2. The third-order valence-corrected chi connectivity index (χ3v) is 0.994. The Morgan fingerprint density at radius 3 is 2.30 bits per heavy atom. The minimum Gasteiger partial charge on any atom is -0.380 e. The molecular formula is C5H5F2N3. The van der Waals surface area contributed by atoms with Crippen LogP contribution in [0.1, 0.15) is 5.69 Å². The Hall–Kier alpha value is -1.26. The number of anilines is 1. The van der Waals surface area contributed by atoms with Crippen molar-refractivity contribution in [1.29, 1.82) is 0 Å². The van der Waals surface area contributed by atoms with Gasteiger partial charge in [0.15, 0.2) is 5.82 Å². The van der Waals surface area contributed by atoms with Crippen molar-refractivity contribution in [3.8, 4) is 0 Å². The number of aryl methyl sites for hydroxylation is 1. The van der Waals surface area contributed by atoms with Crippen LogP contribution in [0, 0.1) is 18.8 Å². The van der Waals surface area contributed by atoms with E-state index in [2.05, 4.69) is 9.97 Å². The molecule has 0 amide bonds. The van der Waals surface area contributed by atoms with Gasteiger partial charge in [0.1, 0.15) is 0 Å². The smallest absolute Gasteiger partial charge is 0.255 e. The summed E-state index contributed by atoms with van der Waals surface area (Å²) < 4.78 is 24.6. The summed E-state index contributed by atoms with van der Waals surface area (Å²) in [5.74, 6) is -2.28. The van der Waals surface area contributed by atoms with E-state index in [1.165, 1.54) is 6.92 Å². The molecule has 0 aliphatic carbocycles. The first-order valence-electron chi connectivity index (χ1n) is 2.56. The molecule has 1 rings (SSSR count). The zero-order valence-corrected chi connectivity index (χ0v) is 5.23. The predicted octanol–water partition coefficient (Wildman–Crippen LogP) is 0.645. The molecule has 2 N–H and O–H groups in total. The summed E-state index contributed by atoms with van der Waals surface area (Å²) >= 11 is 0. The van der Waals surface area contributed by atoms with Gasteiger partial charge in [-0.2, -0.15) is 13.8 Å². The Kier molecular flexibility index (Phi) is 1.48. The van der Waals surface area contributed by atoms with Crippen LogP contribution in [0.3, 0.4) is 0 Å². The van der Waals surface area contributed by atoms with E-state index in [0.717, 1.165) is 0 Å². The summed E-state index contributed by atoms with van der Waals surface area (Å²) in [7, 11) is 0. The molecule has 0 spiro atoms. The highest BCUT2D eigenvalue weighted by Crippen LogP contribution is 2.05. The van der Waals surface area contributed by atoms with Gasteiger partial charge in [0.05, 0.1) is 5.69 Å². The van der Waals surface area contributed by atoms with Crippen LogP contribution in [0.25, 0.3) is 0 Å². The van der Waals surface area contributed by atoms with Crippen molar-refractivity contribution >= 4 is 5.82 Å². The Balaban J connectivity index is 3.28. The van der Waals surface area contributed by atoms with E-state index in [-0.39, 0.29) is 5.69 Å². The van der Waals surface area contributed by atoms with Crippen molar-refractivity contribution in [2.24, 2.45) is 0 Å². The summed E-state index contributed by atoms with van der Waals surface area (Å²) in [4.78, 5) is 6.19. The minimum atomic E-state index is -0.932. The lowest BCUT2D eigenvalue weighted by atomic mass is 10.5. The van der Waals surface area contributed by atoms with Crippen LogP contribution in [0.2, 0.25) is 0 Å². The molecule has 0 radical (unpaired) electrons. The van der Waals surface area contributed by atoms with Gasteiger partial charge in [-0.25, -0.2) is 4.98 Å². The van der Waals surface area contributed by atoms with Gasteiger partial charge < -0.3 is 5.73 Å². The highest BCUT2D eigenvalue weighted by Gasteiger charge is 2.05. The zero-order chi connectivity index (χ0) is 7.72. The first-order chi connectivity index (χ1) is 4.61. The highest BCUT2D eigenvalue weighted by atomic mass is 19.1. The first-order valence-corrected chi connectivity index (χ1v) is 2.56. The fourth-order valence-electron chi connectivity index (χ4n) is 0.483. The SMILES string of the molecule is Cc1nc(F)c(N)nc1F. The third kappa shape index (κ3) is 1.02. The van der Waals surface area contributed by atoms with Gasteiger partial charge in [-0.3, -0.25) is 0 Å². The number of nitrogens with zero attached hydrogens (tertiary/aromatic N) is 2. The molecule has 0 aliphatic rings. The average molecular weight is 145 g/mol. The maximum absolute atomic E-state index is 12.3. The van der Waals surface area contributed by atoms with Gasteiger partial charge in [0.25, 0.3) is 5.95 Å². The molecule has 1 aromatic heterocycles. The molecule has 0 bridgehead atoms. The Bertz CT molecular complexity index is 211. The normalized spacial score (nSPS) is 9.90. The fourth-order valence-corrected chi connectivity index (χ4v) is 0.483. The van der Waals surface area contributed by atoms with Crippen molar-refractivity contribution in [3.63, 3.8) is 0 Å². The van der Waals surface area contributed by atoms with E-state index in [1.807, 2.05) is 0 Å². The lowest BCUT2D eigenvalue weighted by Crippen LogP contribution is -2.03. The number of rotatable bonds is 0. The topological polar surface area (TPSA) is 51.8 Å². The second-order valence-electron chi connectivity index (χ2n) is 1.78. The van der Waals surface area contributed by atoms with Crippen LogP contribution < -0.4 is 5.73 Å². The Labute approximate surface area is 55.9 Å². The Morgan fingerprint density at radius 1 is 1.20 bits per heavy atom. The first kappa shape index (κ1) is 6.85. The second-order valence-corrected chi connectivity index (χ2v) is 1.78. The molecule has 0 saturated heterocycles. The maximum Gasteiger partial charge on any atom is 0.255 e. The molecule has 5 heteroatoms. The van der Waals surface area contributed by atoms with Crippen LogP contribution in [0.15, 0.2) is 0 Å². The largest absolute Gasteiger partial charge is 0.380 e. The van der Waals surface area contributed by atoms with E-state index >= 15 is 0 Å². The maximum atomic E-state index is 12.3. The van der Waals surface area contributed by atoms with Gasteiger partial charge in [0, 0.05) is 0 Å². The summed E-state index contributed by atoms with van der Waals surface area (Å²) in [6, 6.07) is 0. The minimum absolute atomic E-state index is 0.0910. The van der Waals surface area contributed by atoms with E-state index in [1.54, 1.807) is 0 Å². The molecule has 1 aromatic rings. The molecule has 54 valence electrons. The number of hydrogen-bond donors (Lipinski definition) is 1. The number of nitrogen functional groups attached to an aromatic ring is 1. The van der Waals surface area contributed by atoms with Crippen LogP contribution in [0.4, 0.5) is 14.6 Å². The quantitative estimate of drug-likeness (QED) is 0.583. The van der Waals surface area contributed by atoms with Crippen LogP contribution in [-0.2, 0) is 0 Å². The van der Waals surface area contributed by atoms with Gasteiger partial charge in [-0.15, -0.1) is 0 Å². The van der Waals surface area contributed by atoms with Crippen molar-refractivity contribution in [3.05, 3.63) is 17.6 Å². The summed E-state index contributed by atoms with van der Waals surface area (Å²) in [5, 5.41) is 0. The van der Waals surface area contributed by atoms with Gasteiger partial charge in [-0.05, 0) is 6.92 Å². The van der Waals surface area contributed by atoms with Crippen molar-refractivity contribution in [2.75, 3.05) is 5.73 Å². The van der Waals surface area contributed by atoms with Crippen LogP contribution in [0.5, 0.6) is 0 Å². The van der Waals surface area contributed by atoms with Gasteiger partial charge in [-0.1, -0.05) is 0 Å². The predicted molar refractivity (Wildman–Crippen MR) is 31.1 cm³/mol. The molecule has 0 saturated carbocycles. The molecule has 0 fully saturated rings. The lowest BCUT2D eigenvalue weighted by molar-refractivity contribution is 0.523. The van der Waals surface area contributed by atoms with E-state index < -0.39 is 17.7 Å². The molecule has 0 atom stereocenters. The monoisotopic (exact) mass is 145 g/mol. The van der Waals surface area contributed by atoms with Crippen molar-refractivity contribution in [1.82, 2.24) is 9.97 Å². The van der Waals surface area contributed by atoms with Crippen LogP contribution in [-0.4, -0.2) is 9.97 Å². The third-order valence-electron chi connectivity index (χ3n) is 0.994. The molecule has 1 heterocycles. The molecule has 0 aromatic carbocycles. The molecular weight excluding hydrogens is 140 g/mol. The summed E-state index contributed by atoms with van der Waals surface area (Å²) in [6.07, 6.45) is 0. The molecule has 0 aliphatic heterocycles. The number of hydrogen-bond acceptors (Lipinski definition) is 3. The van der Waals surface area contributed by atoms with Gasteiger partial charge in [0.2, 0.25) is 5.95 Å². The van der Waals surface area contributed by atoms with Crippen molar-refractivity contribution < 1.29 is 8.78 Å². The fraction of sp³-hybridized carbons (Fsp3) is 0.200. The summed E-state index contributed by atoms with van der Waals surface area (Å²) in [5.41, 5.74) is 4.81.